The number of carbonyl (C=O) groups excluding carboxylic acids is 1. The van der Waals surface area contributed by atoms with Gasteiger partial charge in [0.15, 0.2) is 11.4 Å². The summed E-state index contributed by atoms with van der Waals surface area (Å²) < 4.78 is 0. The molecule has 1 saturated carbocycles. The predicted octanol–water partition coefficient (Wildman–Crippen LogP) is 4.32. The first kappa shape index (κ1) is 18.7. The summed E-state index contributed by atoms with van der Waals surface area (Å²) in [6, 6.07) is 8.72. The van der Waals surface area contributed by atoms with Crippen molar-refractivity contribution in [1.29, 1.82) is 10.5 Å². The molecule has 1 amide bonds. The third-order valence-corrected chi connectivity index (χ3v) is 6.76. The smallest absolute Gasteiger partial charge is 0.237 e. The molecule has 2 unspecified atom stereocenters. The van der Waals surface area contributed by atoms with Gasteiger partial charge in [0.2, 0.25) is 5.91 Å². The average Bonchev–Trinajstić information content (AvgIpc) is 3.04. The van der Waals surface area contributed by atoms with E-state index in [1.165, 1.54) is 0 Å². The second-order valence-corrected chi connectivity index (χ2v) is 8.52. The van der Waals surface area contributed by atoms with Crippen LogP contribution in [0.5, 0.6) is 0 Å². The summed E-state index contributed by atoms with van der Waals surface area (Å²) in [6.07, 6.45) is 1.34. The molecule has 2 bridgehead atoms. The van der Waals surface area contributed by atoms with Crippen molar-refractivity contribution >= 4 is 34.8 Å². The standard InChI is InChI=1S/C20H15Cl2N5O/c1-19(2)11-5-6-20(19,17-16(11)25-14(8-23)15(9-24)26-17)18(28)27-13-4-3-10(21)7-12(13)22/h3-4,7,11H,5-6H2,1-2H3,(H,27,28). The van der Waals surface area contributed by atoms with Crippen molar-refractivity contribution in [3.63, 3.8) is 0 Å². The fourth-order valence-corrected chi connectivity index (χ4v) is 5.19. The maximum Gasteiger partial charge on any atom is 0.237 e. The predicted molar refractivity (Wildman–Crippen MR) is 104 cm³/mol. The van der Waals surface area contributed by atoms with Crippen LogP contribution in [0.1, 0.15) is 55.4 Å². The number of hydrogen-bond acceptors (Lipinski definition) is 5. The van der Waals surface area contributed by atoms with E-state index < -0.39 is 10.8 Å². The van der Waals surface area contributed by atoms with Gasteiger partial charge in [0, 0.05) is 10.9 Å². The van der Waals surface area contributed by atoms with E-state index in [1.807, 2.05) is 26.0 Å². The SMILES string of the molecule is CC1(C)C2CCC1(C(=O)Nc1ccc(Cl)cc1Cl)c1nc(C#N)c(C#N)nc12. The lowest BCUT2D eigenvalue weighted by Gasteiger charge is -2.36. The van der Waals surface area contributed by atoms with Gasteiger partial charge in [-0.15, -0.1) is 0 Å². The van der Waals surface area contributed by atoms with Gasteiger partial charge >= 0.3 is 0 Å². The molecule has 1 aromatic heterocycles. The summed E-state index contributed by atoms with van der Waals surface area (Å²) in [4.78, 5) is 22.4. The van der Waals surface area contributed by atoms with Crippen molar-refractivity contribution in [2.24, 2.45) is 5.41 Å². The lowest BCUT2D eigenvalue weighted by atomic mass is 9.67. The van der Waals surface area contributed by atoms with Crippen LogP contribution in [0.2, 0.25) is 10.0 Å². The van der Waals surface area contributed by atoms with Crippen LogP contribution in [0.15, 0.2) is 18.2 Å². The van der Waals surface area contributed by atoms with Gasteiger partial charge in [0.1, 0.15) is 12.1 Å². The number of fused-ring (bicyclic) bond motifs is 5. The monoisotopic (exact) mass is 411 g/mol. The quantitative estimate of drug-likeness (QED) is 0.792. The Labute approximate surface area is 172 Å². The number of hydrogen-bond donors (Lipinski definition) is 1. The molecular weight excluding hydrogens is 397 g/mol. The van der Waals surface area contributed by atoms with E-state index in [-0.39, 0.29) is 23.2 Å². The first-order chi connectivity index (χ1) is 13.3. The molecule has 0 radical (unpaired) electrons. The van der Waals surface area contributed by atoms with Crippen LogP contribution in [0.25, 0.3) is 0 Å². The van der Waals surface area contributed by atoms with Crippen LogP contribution in [-0.2, 0) is 10.2 Å². The molecule has 1 aromatic carbocycles. The first-order valence-corrected chi connectivity index (χ1v) is 9.51. The molecule has 2 aliphatic rings. The molecule has 1 heterocycles. The van der Waals surface area contributed by atoms with Crippen molar-refractivity contribution in [3.8, 4) is 12.1 Å². The van der Waals surface area contributed by atoms with Gasteiger partial charge in [0.05, 0.1) is 27.5 Å². The van der Waals surface area contributed by atoms with Crippen LogP contribution in [-0.4, -0.2) is 15.9 Å². The van der Waals surface area contributed by atoms with E-state index in [9.17, 15) is 15.3 Å². The number of nitrogens with one attached hydrogen (secondary N) is 1. The maximum atomic E-state index is 13.5. The maximum absolute atomic E-state index is 13.5. The molecule has 1 N–H and O–H groups in total. The van der Waals surface area contributed by atoms with Gasteiger partial charge in [-0.3, -0.25) is 4.79 Å². The summed E-state index contributed by atoms with van der Waals surface area (Å²) in [5, 5.41) is 22.4. The van der Waals surface area contributed by atoms with Crippen LogP contribution in [0, 0.1) is 28.1 Å². The minimum atomic E-state index is -0.956. The van der Waals surface area contributed by atoms with E-state index >= 15 is 0 Å². The van der Waals surface area contributed by atoms with E-state index in [1.54, 1.807) is 18.2 Å². The zero-order valence-electron chi connectivity index (χ0n) is 15.2. The molecule has 28 heavy (non-hydrogen) atoms. The molecule has 1 fully saturated rings. The fourth-order valence-electron chi connectivity index (χ4n) is 4.74. The Balaban J connectivity index is 1.85. The Morgan fingerprint density at radius 1 is 1.21 bits per heavy atom. The Bertz CT molecular complexity index is 1110. The third kappa shape index (κ3) is 2.29. The Morgan fingerprint density at radius 3 is 2.54 bits per heavy atom. The molecular formula is C20H15Cl2N5O. The molecule has 2 aromatic rings. The third-order valence-electron chi connectivity index (χ3n) is 6.21. The number of carbonyl (C=O) groups is 1. The number of amides is 1. The molecule has 0 aliphatic heterocycles. The van der Waals surface area contributed by atoms with E-state index in [4.69, 9.17) is 23.2 Å². The summed E-state index contributed by atoms with van der Waals surface area (Å²) in [5.41, 5.74) is 0.111. The highest BCUT2D eigenvalue weighted by molar-refractivity contribution is 6.36. The molecule has 0 saturated heterocycles. The van der Waals surface area contributed by atoms with Crippen molar-refractivity contribution in [2.75, 3.05) is 5.32 Å². The second-order valence-electron chi connectivity index (χ2n) is 7.67. The number of halogens is 2. The molecule has 2 aliphatic carbocycles. The molecule has 6 nitrogen and oxygen atoms in total. The lowest BCUT2D eigenvalue weighted by molar-refractivity contribution is -0.124. The topological polar surface area (TPSA) is 102 Å². The Kier molecular flexibility index (Phi) is 4.12. The van der Waals surface area contributed by atoms with Crippen molar-refractivity contribution < 1.29 is 4.79 Å². The summed E-state index contributed by atoms with van der Waals surface area (Å²) in [7, 11) is 0. The van der Waals surface area contributed by atoms with Crippen molar-refractivity contribution in [3.05, 3.63) is 51.0 Å². The van der Waals surface area contributed by atoms with Crippen LogP contribution in [0.3, 0.4) is 0 Å². The summed E-state index contributed by atoms with van der Waals surface area (Å²) in [5.74, 6) is -0.257. The average molecular weight is 412 g/mol. The Hall–Kier alpha value is -2.67. The zero-order chi connectivity index (χ0) is 20.3. The van der Waals surface area contributed by atoms with Gasteiger partial charge in [0.25, 0.3) is 0 Å². The van der Waals surface area contributed by atoms with Crippen LogP contribution < -0.4 is 5.32 Å². The Morgan fingerprint density at radius 2 is 1.89 bits per heavy atom. The highest BCUT2D eigenvalue weighted by Crippen LogP contribution is 2.67. The van der Waals surface area contributed by atoms with Gasteiger partial charge in [-0.25, -0.2) is 9.97 Å². The summed E-state index contributed by atoms with van der Waals surface area (Å²) >= 11 is 12.2. The van der Waals surface area contributed by atoms with E-state index in [0.717, 1.165) is 6.42 Å². The molecule has 140 valence electrons. The largest absolute Gasteiger partial charge is 0.324 e. The molecule has 0 spiro atoms. The number of anilines is 1. The minimum absolute atomic E-state index is 0.000837. The summed E-state index contributed by atoms with van der Waals surface area (Å²) in [6.45, 7) is 4.02. The lowest BCUT2D eigenvalue weighted by Crippen LogP contribution is -2.46. The van der Waals surface area contributed by atoms with Crippen LogP contribution in [0.4, 0.5) is 5.69 Å². The minimum Gasteiger partial charge on any atom is -0.324 e. The number of nitriles is 2. The van der Waals surface area contributed by atoms with E-state index in [2.05, 4.69) is 15.3 Å². The van der Waals surface area contributed by atoms with Crippen LogP contribution >= 0.6 is 23.2 Å². The number of nitrogens with zero attached hydrogens (tertiary/aromatic N) is 4. The van der Waals surface area contributed by atoms with Gasteiger partial charge in [-0.2, -0.15) is 10.5 Å². The molecule has 2 atom stereocenters. The number of rotatable bonds is 2. The number of benzene rings is 1. The van der Waals surface area contributed by atoms with Crippen molar-refractivity contribution in [1.82, 2.24) is 9.97 Å². The van der Waals surface area contributed by atoms with Gasteiger partial charge in [-0.1, -0.05) is 37.0 Å². The number of aromatic nitrogens is 2. The molecule has 8 heteroatoms. The fraction of sp³-hybridized carbons (Fsp3) is 0.350. The van der Waals surface area contributed by atoms with E-state index in [0.29, 0.717) is 33.5 Å². The highest BCUT2D eigenvalue weighted by atomic mass is 35.5. The van der Waals surface area contributed by atoms with Gasteiger partial charge in [-0.05, 0) is 36.5 Å². The second kappa shape index (κ2) is 6.17. The van der Waals surface area contributed by atoms with Crippen molar-refractivity contribution in [2.45, 2.75) is 38.0 Å². The normalized spacial score (nSPS) is 23.6. The zero-order valence-corrected chi connectivity index (χ0v) is 16.7. The highest BCUT2D eigenvalue weighted by Gasteiger charge is 2.68. The van der Waals surface area contributed by atoms with Gasteiger partial charge < -0.3 is 5.32 Å². The molecule has 4 rings (SSSR count). The first-order valence-electron chi connectivity index (χ1n) is 8.75.